The van der Waals surface area contributed by atoms with Gasteiger partial charge in [0, 0.05) is 30.8 Å². The number of likely N-dealkylation sites (tertiary alicyclic amines) is 1. The van der Waals surface area contributed by atoms with E-state index in [-0.39, 0.29) is 17.6 Å². The average Bonchev–Trinajstić information content (AvgIpc) is 2.78. The lowest BCUT2D eigenvalue weighted by Crippen LogP contribution is -2.42. The minimum Gasteiger partial charge on any atom is -0.338 e. The van der Waals surface area contributed by atoms with Crippen LogP contribution >= 0.6 is 0 Å². The van der Waals surface area contributed by atoms with Gasteiger partial charge in [0.05, 0.1) is 11.3 Å². The molecule has 5 nitrogen and oxygen atoms in total. The lowest BCUT2D eigenvalue weighted by atomic mass is 9.89. The van der Waals surface area contributed by atoms with E-state index < -0.39 is 0 Å². The van der Waals surface area contributed by atoms with Crippen molar-refractivity contribution in [1.29, 1.82) is 0 Å². The number of hydrogen-bond acceptors (Lipinski definition) is 4. The molecule has 148 valence electrons. The molecular weight excluding hydrogens is 362 g/mol. The number of aromatic nitrogens is 2. The summed E-state index contributed by atoms with van der Waals surface area (Å²) in [7, 11) is 0. The van der Waals surface area contributed by atoms with E-state index >= 15 is 0 Å². The molecule has 1 amide bonds. The van der Waals surface area contributed by atoms with Crippen molar-refractivity contribution < 1.29 is 9.59 Å². The Morgan fingerprint density at radius 1 is 1.14 bits per heavy atom. The van der Waals surface area contributed by atoms with E-state index in [1.807, 2.05) is 42.5 Å². The van der Waals surface area contributed by atoms with Crippen molar-refractivity contribution in [3.05, 3.63) is 71.8 Å². The second kappa shape index (κ2) is 8.52. The normalized spacial score (nSPS) is 16.7. The Hall–Kier alpha value is -3.08. The highest BCUT2D eigenvalue weighted by Gasteiger charge is 2.30. The van der Waals surface area contributed by atoms with Gasteiger partial charge in [-0.05, 0) is 36.1 Å². The Morgan fingerprint density at radius 3 is 2.79 bits per heavy atom. The number of carbonyl (C=O) groups excluding carboxylic acids is 2. The summed E-state index contributed by atoms with van der Waals surface area (Å²) in [4.78, 5) is 36.4. The third-order valence-electron chi connectivity index (χ3n) is 5.63. The van der Waals surface area contributed by atoms with Crippen LogP contribution in [-0.4, -0.2) is 39.6 Å². The second-order valence-corrected chi connectivity index (χ2v) is 7.65. The van der Waals surface area contributed by atoms with E-state index in [9.17, 15) is 9.59 Å². The Labute approximate surface area is 170 Å². The van der Waals surface area contributed by atoms with Crippen molar-refractivity contribution in [3.8, 4) is 0 Å². The number of nitrogens with zero attached hydrogens (tertiary/aromatic N) is 3. The summed E-state index contributed by atoms with van der Waals surface area (Å²) in [6.07, 6.45) is 6.39. The molecular formula is C24H25N3O2. The molecule has 1 unspecified atom stereocenters. The molecule has 2 heterocycles. The topological polar surface area (TPSA) is 63.2 Å². The van der Waals surface area contributed by atoms with Crippen LogP contribution in [0.25, 0.3) is 10.8 Å². The number of carbonyl (C=O) groups is 2. The zero-order valence-corrected chi connectivity index (χ0v) is 16.7. The highest BCUT2D eigenvalue weighted by Crippen LogP contribution is 2.25. The fourth-order valence-corrected chi connectivity index (χ4v) is 4.09. The predicted molar refractivity (Wildman–Crippen MR) is 113 cm³/mol. The van der Waals surface area contributed by atoms with E-state index in [0.29, 0.717) is 18.7 Å². The number of benzene rings is 2. The number of ketones is 1. The highest BCUT2D eigenvalue weighted by atomic mass is 16.2. The van der Waals surface area contributed by atoms with Crippen LogP contribution < -0.4 is 0 Å². The first-order chi connectivity index (χ1) is 14.2. The van der Waals surface area contributed by atoms with Crippen molar-refractivity contribution in [1.82, 2.24) is 14.9 Å². The van der Waals surface area contributed by atoms with Crippen molar-refractivity contribution in [2.24, 2.45) is 5.92 Å². The average molecular weight is 387 g/mol. The molecule has 0 bridgehead atoms. The largest absolute Gasteiger partial charge is 0.338 e. The molecule has 1 aromatic heterocycles. The van der Waals surface area contributed by atoms with Crippen LogP contribution in [0.2, 0.25) is 0 Å². The first-order valence-corrected chi connectivity index (χ1v) is 10.3. The van der Waals surface area contributed by atoms with E-state index in [1.165, 1.54) is 6.33 Å². The molecule has 0 saturated carbocycles. The molecule has 0 N–H and O–H groups in total. The zero-order chi connectivity index (χ0) is 20.2. The molecule has 2 aromatic carbocycles. The first kappa shape index (κ1) is 19.2. The molecule has 29 heavy (non-hydrogen) atoms. The zero-order valence-electron chi connectivity index (χ0n) is 16.7. The molecule has 1 saturated heterocycles. The van der Waals surface area contributed by atoms with Gasteiger partial charge in [-0.25, -0.2) is 9.97 Å². The molecule has 3 aromatic rings. The van der Waals surface area contributed by atoms with Crippen LogP contribution in [0.4, 0.5) is 0 Å². The Bertz CT molecular complexity index is 1050. The van der Waals surface area contributed by atoms with E-state index in [1.54, 1.807) is 11.1 Å². The van der Waals surface area contributed by atoms with E-state index in [2.05, 4.69) is 16.9 Å². The Balaban J connectivity index is 1.53. The summed E-state index contributed by atoms with van der Waals surface area (Å²) in [5.41, 5.74) is 2.07. The molecule has 0 aliphatic carbocycles. The van der Waals surface area contributed by atoms with Crippen LogP contribution in [0.3, 0.4) is 0 Å². The van der Waals surface area contributed by atoms with Crippen LogP contribution in [0.1, 0.15) is 52.6 Å². The summed E-state index contributed by atoms with van der Waals surface area (Å²) in [5.74, 6) is -0.121. The summed E-state index contributed by atoms with van der Waals surface area (Å²) >= 11 is 0. The van der Waals surface area contributed by atoms with Gasteiger partial charge >= 0.3 is 0 Å². The van der Waals surface area contributed by atoms with Gasteiger partial charge in [0.2, 0.25) is 0 Å². The molecule has 0 spiro atoms. The minimum atomic E-state index is -0.173. The van der Waals surface area contributed by atoms with Gasteiger partial charge in [0.25, 0.3) is 5.91 Å². The lowest BCUT2D eigenvalue weighted by molar-refractivity contribution is 0.0635. The van der Waals surface area contributed by atoms with Crippen LogP contribution in [0.5, 0.6) is 0 Å². The Kier molecular flexibility index (Phi) is 5.65. The Morgan fingerprint density at radius 2 is 1.97 bits per heavy atom. The number of piperidine rings is 1. The van der Waals surface area contributed by atoms with Gasteiger partial charge in [0.15, 0.2) is 5.78 Å². The first-order valence-electron chi connectivity index (χ1n) is 10.3. The molecule has 1 fully saturated rings. The van der Waals surface area contributed by atoms with E-state index in [4.69, 9.17) is 0 Å². The maximum Gasteiger partial charge on any atom is 0.257 e. The molecule has 4 rings (SSSR count). The highest BCUT2D eigenvalue weighted by molar-refractivity contribution is 6.02. The number of rotatable bonds is 5. The van der Waals surface area contributed by atoms with Gasteiger partial charge < -0.3 is 4.90 Å². The fraction of sp³-hybridized carbons (Fsp3) is 0.333. The van der Waals surface area contributed by atoms with Crippen molar-refractivity contribution in [2.75, 3.05) is 13.1 Å². The molecule has 5 heteroatoms. The van der Waals surface area contributed by atoms with Gasteiger partial charge in [-0.3, -0.25) is 9.59 Å². The van der Waals surface area contributed by atoms with Gasteiger partial charge in [-0.1, -0.05) is 49.7 Å². The summed E-state index contributed by atoms with van der Waals surface area (Å²) in [6.45, 7) is 3.18. The standard InChI is InChI=1S/C24H25N3O2/c1-2-6-22-21(14-25-16-26-22)24(29)27-12-5-9-20(15-27)23(28)19-11-10-17-7-3-4-8-18(17)13-19/h3-4,7-8,10-11,13-14,16,20H,2,5-6,9,12,15H2,1H3. The minimum absolute atomic E-state index is 0.0648. The predicted octanol–water partition coefficient (Wildman–Crippen LogP) is 4.32. The smallest absolute Gasteiger partial charge is 0.257 e. The second-order valence-electron chi connectivity index (χ2n) is 7.65. The fourth-order valence-electron chi connectivity index (χ4n) is 4.09. The SMILES string of the molecule is CCCc1ncncc1C(=O)N1CCCC(C(=O)c2ccc3ccccc3c2)C1. The number of Topliss-reactive ketones (excluding diaryl/α,β-unsaturated/α-hetero) is 1. The van der Waals surface area contributed by atoms with E-state index in [0.717, 1.165) is 47.7 Å². The number of amides is 1. The van der Waals surface area contributed by atoms with Gasteiger partial charge in [-0.15, -0.1) is 0 Å². The van der Waals surface area contributed by atoms with Crippen LogP contribution in [-0.2, 0) is 6.42 Å². The lowest BCUT2D eigenvalue weighted by Gasteiger charge is -2.32. The molecule has 1 aliphatic rings. The van der Waals surface area contributed by atoms with Crippen LogP contribution in [0.15, 0.2) is 55.0 Å². The van der Waals surface area contributed by atoms with Gasteiger partial charge in [-0.2, -0.15) is 0 Å². The third kappa shape index (κ3) is 4.04. The summed E-state index contributed by atoms with van der Waals surface area (Å²) < 4.78 is 0. The van der Waals surface area contributed by atoms with Gasteiger partial charge in [0.1, 0.15) is 6.33 Å². The van der Waals surface area contributed by atoms with Crippen molar-refractivity contribution in [2.45, 2.75) is 32.6 Å². The number of hydrogen-bond donors (Lipinski definition) is 0. The molecule has 1 aliphatic heterocycles. The maximum atomic E-state index is 13.2. The third-order valence-corrected chi connectivity index (χ3v) is 5.63. The summed E-state index contributed by atoms with van der Waals surface area (Å²) in [5, 5.41) is 2.18. The number of aryl methyl sites for hydroxylation is 1. The summed E-state index contributed by atoms with van der Waals surface area (Å²) in [6, 6.07) is 13.9. The molecule has 0 radical (unpaired) electrons. The maximum absolute atomic E-state index is 13.2. The quantitative estimate of drug-likeness (QED) is 0.612. The van der Waals surface area contributed by atoms with Crippen molar-refractivity contribution in [3.63, 3.8) is 0 Å². The monoisotopic (exact) mass is 387 g/mol. The molecule has 1 atom stereocenters. The number of fused-ring (bicyclic) bond motifs is 1. The van der Waals surface area contributed by atoms with Crippen LogP contribution in [0, 0.1) is 5.92 Å². The van der Waals surface area contributed by atoms with Crippen molar-refractivity contribution >= 4 is 22.5 Å².